The molecule has 0 fully saturated rings. The number of hydrogen-bond donors (Lipinski definition) is 0. The predicted octanol–water partition coefficient (Wildman–Crippen LogP) is 6.85. The second-order valence-electron chi connectivity index (χ2n) is 8.52. The number of benzene rings is 4. The molecule has 5 nitrogen and oxygen atoms in total. The number of aromatic nitrogens is 5. The zero-order valence-electron chi connectivity index (χ0n) is 18.7. The van der Waals surface area contributed by atoms with E-state index in [-0.39, 0.29) is 0 Å². The van der Waals surface area contributed by atoms with Crippen LogP contribution in [0, 0.1) is 0 Å². The Balaban J connectivity index is 1.44. The summed E-state index contributed by atoms with van der Waals surface area (Å²) >= 11 is 0. The monoisotopic (exact) mass is 449 g/mol. The molecule has 3 aromatic heterocycles. The second kappa shape index (κ2) is 7.85. The van der Waals surface area contributed by atoms with Crippen molar-refractivity contribution in [1.29, 1.82) is 0 Å². The van der Waals surface area contributed by atoms with Gasteiger partial charge in [0, 0.05) is 28.2 Å². The molecule has 0 unspecified atom stereocenters. The van der Waals surface area contributed by atoms with E-state index >= 15 is 0 Å². The van der Waals surface area contributed by atoms with Crippen molar-refractivity contribution in [3.63, 3.8) is 0 Å². The molecule has 0 atom stereocenters. The third-order valence-electron chi connectivity index (χ3n) is 6.31. The molecule has 4 aromatic carbocycles. The van der Waals surface area contributed by atoms with Crippen molar-refractivity contribution < 1.29 is 0 Å². The van der Waals surface area contributed by atoms with Crippen molar-refractivity contribution in [3.8, 4) is 28.6 Å². The third-order valence-corrected chi connectivity index (χ3v) is 6.31. The van der Waals surface area contributed by atoms with E-state index in [0.717, 1.165) is 55.3 Å². The smallest absolute Gasteiger partial charge is 0.187 e. The maximum Gasteiger partial charge on any atom is 0.187 e. The lowest BCUT2D eigenvalue weighted by Crippen LogP contribution is -2.01. The average molecular weight is 450 g/mol. The standard InChI is InChI=1S/C30H19N5/c1-3-8-20(9-4-1)29-33-34-30(35(29)25-11-5-2-6-12-25)26-14-13-22-17-23-18-27-21(10-7-15-31-27)16-24(23)19-28(22)32-26/h1-19H. The molecule has 0 amide bonds. The molecule has 7 aromatic rings. The quantitative estimate of drug-likeness (QED) is 0.277. The van der Waals surface area contributed by atoms with Gasteiger partial charge in [-0.25, -0.2) is 4.98 Å². The molecule has 0 N–H and O–H groups in total. The summed E-state index contributed by atoms with van der Waals surface area (Å²) in [7, 11) is 0. The fraction of sp³-hybridized carbons (Fsp3) is 0. The second-order valence-corrected chi connectivity index (χ2v) is 8.52. The number of rotatable bonds is 3. The molecule has 0 aliphatic carbocycles. The predicted molar refractivity (Wildman–Crippen MR) is 140 cm³/mol. The van der Waals surface area contributed by atoms with Crippen LogP contribution in [-0.4, -0.2) is 24.7 Å². The van der Waals surface area contributed by atoms with Crippen LogP contribution < -0.4 is 0 Å². The number of pyridine rings is 2. The Labute approximate surface area is 201 Å². The first-order chi connectivity index (χ1) is 17.3. The summed E-state index contributed by atoms with van der Waals surface area (Å²) in [6.07, 6.45) is 1.83. The van der Waals surface area contributed by atoms with Gasteiger partial charge in [-0.2, -0.15) is 0 Å². The van der Waals surface area contributed by atoms with Crippen molar-refractivity contribution in [2.24, 2.45) is 0 Å². The molecule has 0 saturated carbocycles. The van der Waals surface area contributed by atoms with Gasteiger partial charge < -0.3 is 0 Å². The summed E-state index contributed by atoms with van der Waals surface area (Å²) < 4.78 is 2.07. The van der Waals surface area contributed by atoms with Crippen LogP contribution >= 0.6 is 0 Å². The van der Waals surface area contributed by atoms with Crippen molar-refractivity contribution in [2.45, 2.75) is 0 Å². The van der Waals surface area contributed by atoms with Crippen LogP contribution in [0.15, 0.2) is 115 Å². The van der Waals surface area contributed by atoms with Crippen LogP contribution in [0.4, 0.5) is 0 Å². The highest BCUT2D eigenvalue weighted by atomic mass is 15.3. The highest BCUT2D eigenvalue weighted by molar-refractivity contribution is 6.03. The molecule has 35 heavy (non-hydrogen) atoms. The molecule has 0 aliphatic rings. The van der Waals surface area contributed by atoms with Gasteiger partial charge in [-0.1, -0.05) is 60.7 Å². The molecule has 7 rings (SSSR count). The SMILES string of the molecule is c1ccc(-c2nnc(-c3ccc4cc5cc6ncccc6cc5cc4n3)n2-c2ccccc2)cc1. The average Bonchev–Trinajstić information content (AvgIpc) is 3.37. The maximum absolute atomic E-state index is 5.03. The fourth-order valence-corrected chi connectivity index (χ4v) is 4.61. The van der Waals surface area contributed by atoms with E-state index in [1.807, 2.05) is 66.9 Å². The Kier molecular flexibility index (Phi) is 4.39. The van der Waals surface area contributed by atoms with Crippen LogP contribution in [-0.2, 0) is 0 Å². The van der Waals surface area contributed by atoms with Crippen LogP contribution in [0.1, 0.15) is 0 Å². The molecular formula is C30H19N5. The zero-order valence-corrected chi connectivity index (χ0v) is 18.7. The normalized spacial score (nSPS) is 11.4. The first-order valence-electron chi connectivity index (χ1n) is 11.5. The lowest BCUT2D eigenvalue weighted by molar-refractivity contribution is 1.06. The minimum Gasteiger partial charge on any atom is -0.274 e. The summed E-state index contributed by atoms with van der Waals surface area (Å²) in [6, 6.07) is 37.1. The Bertz CT molecular complexity index is 1840. The Morgan fingerprint density at radius 3 is 2.00 bits per heavy atom. The van der Waals surface area contributed by atoms with E-state index in [0.29, 0.717) is 5.82 Å². The first kappa shape index (κ1) is 19.6. The van der Waals surface area contributed by atoms with Crippen LogP contribution in [0.2, 0.25) is 0 Å². The number of hydrogen-bond acceptors (Lipinski definition) is 4. The van der Waals surface area contributed by atoms with E-state index in [1.165, 1.54) is 0 Å². The van der Waals surface area contributed by atoms with Gasteiger partial charge in [0.05, 0.1) is 11.0 Å². The molecule has 3 heterocycles. The molecule has 0 bridgehead atoms. The van der Waals surface area contributed by atoms with Crippen molar-refractivity contribution >= 4 is 32.6 Å². The molecule has 164 valence electrons. The van der Waals surface area contributed by atoms with Gasteiger partial charge in [-0.3, -0.25) is 9.55 Å². The lowest BCUT2D eigenvalue weighted by Gasteiger charge is -2.11. The van der Waals surface area contributed by atoms with Gasteiger partial charge in [0.25, 0.3) is 0 Å². The Hall–Kier alpha value is -4.90. The molecular weight excluding hydrogens is 430 g/mol. The summed E-state index contributed by atoms with van der Waals surface area (Å²) in [4.78, 5) is 9.53. The summed E-state index contributed by atoms with van der Waals surface area (Å²) in [6.45, 7) is 0. The molecule has 0 saturated heterocycles. The van der Waals surface area contributed by atoms with E-state index < -0.39 is 0 Å². The van der Waals surface area contributed by atoms with E-state index in [9.17, 15) is 0 Å². The van der Waals surface area contributed by atoms with Gasteiger partial charge in [0.15, 0.2) is 11.6 Å². The first-order valence-corrected chi connectivity index (χ1v) is 11.5. The van der Waals surface area contributed by atoms with Crippen LogP contribution in [0.5, 0.6) is 0 Å². The van der Waals surface area contributed by atoms with Gasteiger partial charge in [0.2, 0.25) is 0 Å². The number of para-hydroxylation sites is 1. The highest BCUT2D eigenvalue weighted by Gasteiger charge is 2.18. The Morgan fingerprint density at radius 2 is 1.20 bits per heavy atom. The van der Waals surface area contributed by atoms with Crippen molar-refractivity contribution in [3.05, 3.63) is 115 Å². The minimum atomic E-state index is 0.708. The summed E-state index contributed by atoms with van der Waals surface area (Å²) in [5.74, 6) is 1.49. The molecule has 0 spiro atoms. The van der Waals surface area contributed by atoms with Crippen LogP contribution in [0.3, 0.4) is 0 Å². The van der Waals surface area contributed by atoms with E-state index in [4.69, 9.17) is 4.98 Å². The van der Waals surface area contributed by atoms with Gasteiger partial charge in [-0.15, -0.1) is 10.2 Å². The van der Waals surface area contributed by atoms with Gasteiger partial charge in [-0.05, 0) is 59.3 Å². The largest absolute Gasteiger partial charge is 0.274 e. The molecule has 5 heteroatoms. The minimum absolute atomic E-state index is 0.708. The lowest BCUT2D eigenvalue weighted by atomic mass is 10.0. The number of fused-ring (bicyclic) bond motifs is 3. The zero-order chi connectivity index (χ0) is 23.2. The molecule has 0 radical (unpaired) electrons. The number of nitrogens with zero attached hydrogens (tertiary/aromatic N) is 5. The maximum atomic E-state index is 5.03. The highest BCUT2D eigenvalue weighted by Crippen LogP contribution is 2.30. The molecule has 0 aliphatic heterocycles. The summed E-state index contributed by atoms with van der Waals surface area (Å²) in [5, 5.41) is 13.6. The third kappa shape index (κ3) is 3.33. The van der Waals surface area contributed by atoms with Gasteiger partial charge >= 0.3 is 0 Å². The fourth-order valence-electron chi connectivity index (χ4n) is 4.61. The van der Waals surface area contributed by atoms with E-state index in [2.05, 4.69) is 68.3 Å². The van der Waals surface area contributed by atoms with Crippen molar-refractivity contribution in [2.75, 3.05) is 0 Å². The van der Waals surface area contributed by atoms with Crippen molar-refractivity contribution in [1.82, 2.24) is 24.7 Å². The summed E-state index contributed by atoms with van der Waals surface area (Å²) in [5.41, 5.74) is 4.68. The Morgan fingerprint density at radius 1 is 0.514 bits per heavy atom. The van der Waals surface area contributed by atoms with Crippen LogP contribution in [0.25, 0.3) is 61.2 Å². The van der Waals surface area contributed by atoms with Gasteiger partial charge in [0.1, 0.15) is 5.69 Å². The van der Waals surface area contributed by atoms with E-state index in [1.54, 1.807) is 0 Å². The topological polar surface area (TPSA) is 56.5 Å².